The van der Waals surface area contributed by atoms with Crippen LogP contribution in [0, 0.1) is 34.9 Å². The van der Waals surface area contributed by atoms with Crippen molar-refractivity contribution in [2.75, 3.05) is 7.11 Å². The van der Waals surface area contributed by atoms with Crippen LogP contribution in [0.4, 0.5) is 26.3 Å². The van der Waals surface area contributed by atoms with Gasteiger partial charge in [-0.1, -0.05) is 12.1 Å². The molecule has 0 fully saturated rings. The monoisotopic (exact) mass is 592 g/mol. The molecule has 2 aromatic heterocycles. The van der Waals surface area contributed by atoms with E-state index in [1.54, 1.807) is 6.07 Å². The van der Waals surface area contributed by atoms with Gasteiger partial charge < -0.3 is 8.92 Å². The molecule has 0 spiro atoms. The molecule has 0 bridgehead atoms. The van der Waals surface area contributed by atoms with Gasteiger partial charge in [-0.05, 0) is 36.4 Å². The SMILES string of the molecule is COc1cc(-c2cccc(F)c2)ncc1-n1c(=O)ccc2cc(S(=O)(=O)Oc3c(F)c(F)c(F)c(F)c3F)ccc21. The Hall–Kier alpha value is -4.85. The highest BCUT2D eigenvalue weighted by molar-refractivity contribution is 7.87. The highest BCUT2D eigenvalue weighted by Crippen LogP contribution is 2.33. The summed E-state index contributed by atoms with van der Waals surface area (Å²) in [5.41, 5.74) is 0.452. The van der Waals surface area contributed by atoms with Crippen molar-refractivity contribution in [3.63, 3.8) is 0 Å². The number of hydrogen-bond acceptors (Lipinski definition) is 6. The van der Waals surface area contributed by atoms with Crippen LogP contribution >= 0.6 is 0 Å². The van der Waals surface area contributed by atoms with Crippen molar-refractivity contribution in [3.05, 3.63) is 112 Å². The normalized spacial score (nSPS) is 11.6. The van der Waals surface area contributed by atoms with Crippen LogP contribution in [0.5, 0.6) is 11.5 Å². The van der Waals surface area contributed by atoms with Gasteiger partial charge in [-0.3, -0.25) is 14.3 Å². The number of rotatable bonds is 6. The maximum Gasteiger partial charge on any atom is 0.339 e. The van der Waals surface area contributed by atoms with E-state index in [4.69, 9.17) is 4.74 Å². The molecule has 14 heteroatoms. The molecule has 0 aliphatic heterocycles. The summed E-state index contributed by atoms with van der Waals surface area (Å²) in [4.78, 5) is 16.5. The number of methoxy groups -OCH3 is 1. The molecular weight excluding hydrogens is 578 g/mol. The highest BCUT2D eigenvalue weighted by atomic mass is 32.2. The summed E-state index contributed by atoms with van der Waals surface area (Å²) in [5.74, 6) is -14.5. The van der Waals surface area contributed by atoms with Gasteiger partial charge in [0, 0.05) is 23.1 Å². The molecule has 5 rings (SSSR count). The number of halogens is 6. The van der Waals surface area contributed by atoms with Crippen molar-refractivity contribution >= 4 is 21.0 Å². The second-order valence-corrected chi connectivity index (χ2v) is 9.96. The molecule has 0 saturated carbocycles. The zero-order valence-corrected chi connectivity index (χ0v) is 21.3. The first-order chi connectivity index (χ1) is 19.4. The molecule has 2 heterocycles. The number of hydrogen-bond donors (Lipinski definition) is 0. The van der Waals surface area contributed by atoms with Gasteiger partial charge in [-0.2, -0.15) is 17.2 Å². The number of pyridine rings is 2. The molecule has 0 aliphatic carbocycles. The van der Waals surface area contributed by atoms with Crippen LogP contribution in [0.2, 0.25) is 0 Å². The van der Waals surface area contributed by atoms with Crippen LogP contribution in [0.3, 0.4) is 0 Å². The average molecular weight is 592 g/mol. The van der Waals surface area contributed by atoms with E-state index in [0.717, 1.165) is 28.8 Å². The quantitative estimate of drug-likeness (QED) is 0.109. The van der Waals surface area contributed by atoms with E-state index in [2.05, 4.69) is 9.17 Å². The maximum absolute atomic E-state index is 14.0. The molecule has 0 radical (unpaired) electrons. The third-order valence-electron chi connectivity index (χ3n) is 5.94. The van der Waals surface area contributed by atoms with Gasteiger partial charge >= 0.3 is 10.1 Å². The van der Waals surface area contributed by atoms with Gasteiger partial charge in [-0.15, -0.1) is 0 Å². The molecule has 0 aliphatic rings. The summed E-state index contributed by atoms with van der Waals surface area (Å²) in [6, 6.07) is 12.4. The molecule has 0 atom stereocenters. The van der Waals surface area contributed by atoms with Crippen molar-refractivity contribution in [1.82, 2.24) is 9.55 Å². The predicted molar refractivity (Wildman–Crippen MR) is 133 cm³/mol. The van der Waals surface area contributed by atoms with Crippen LogP contribution in [0.25, 0.3) is 27.8 Å². The Kier molecular flexibility index (Phi) is 6.95. The fourth-order valence-electron chi connectivity index (χ4n) is 4.01. The minimum Gasteiger partial charge on any atom is -0.494 e. The van der Waals surface area contributed by atoms with E-state index in [1.165, 1.54) is 43.6 Å². The number of nitrogens with zero attached hydrogens (tertiary/aromatic N) is 2. The van der Waals surface area contributed by atoms with E-state index in [1.807, 2.05) is 0 Å². The van der Waals surface area contributed by atoms with E-state index in [0.29, 0.717) is 11.3 Å². The Balaban J connectivity index is 1.60. The molecule has 0 unspecified atom stereocenters. The largest absolute Gasteiger partial charge is 0.494 e. The van der Waals surface area contributed by atoms with Crippen molar-refractivity contribution in [3.8, 4) is 28.4 Å². The number of aromatic nitrogens is 2. The molecule has 210 valence electrons. The molecular formula is C27H14F6N2O5S. The lowest BCUT2D eigenvalue weighted by Crippen LogP contribution is -2.19. The average Bonchev–Trinajstić information content (AvgIpc) is 2.96. The number of fused-ring (bicyclic) bond motifs is 1. The lowest BCUT2D eigenvalue weighted by atomic mass is 10.1. The summed E-state index contributed by atoms with van der Waals surface area (Å²) >= 11 is 0. The Bertz CT molecular complexity index is 2000. The second-order valence-electron chi connectivity index (χ2n) is 8.42. The zero-order chi connectivity index (χ0) is 29.6. The van der Waals surface area contributed by atoms with E-state index in [9.17, 15) is 39.6 Å². The fraction of sp³-hybridized carbons (Fsp3) is 0.0370. The summed E-state index contributed by atoms with van der Waals surface area (Å²) in [5, 5.41) is 0.1000. The van der Waals surface area contributed by atoms with E-state index >= 15 is 0 Å². The Morgan fingerprint density at radius 3 is 2.15 bits per heavy atom. The maximum atomic E-state index is 14.0. The molecule has 0 N–H and O–H groups in total. The van der Waals surface area contributed by atoms with Gasteiger partial charge in [0.1, 0.15) is 22.1 Å². The minimum absolute atomic E-state index is 0.1000. The van der Waals surface area contributed by atoms with Gasteiger partial charge in [0.05, 0.1) is 24.5 Å². The predicted octanol–water partition coefficient (Wildman–Crippen LogP) is 5.66. The molecule has 5 aromatic rings. The van der Waals surface area contributed by atoms with Crippen molar-refractivity contribution in [2.45, 2.75) is 4.90 Å². The molecule has 41 heavy (non-hydrogen) atoms. The standard InChI is InChI=1S/C27H14F6N2O5S/c1-39-20-11-17(13-3-2-4-15(28)9-13)34-12-19(20)35-18-7-6-16(10-14(18)5-8-21(35)36)41(37,38)40-27-25(32)23(30)22(29)24(31)26(27)33/h2-12H,1H3. The van der Waals surface area contributed by atoms with Crippen molar-refractivity contribution < 1.29 is 43.7 Å². The Morgan fingerprint density at radius 2 is 1.49 bits per heavy atom. The summed E-state index contributed by atoms with van der Waals surface area (Å²) in [6.07, 6.45) is 1.29. The summed E-state index contributed by atoms with van der Waals surface area (Å²) in [6.45, 7) is 0. The first-order valence-electron chi connectivity index (χ1n) is 11.3. The molecule has 3 aromatic carbocycles. The lowest BCUT2D eigenvalue weighted by Gasteiger charge is -2.15. The zero-order valence-electron chi connectivity index (χ0n) is 20.5. The van der Waals surface area contributed by atoms with Crippen LogP contribution in [0.15, 0.2) is 76.6 Å². The van der Waals surface area contributed by atoms with Gasteiger partial charge in [-0.25, -0.2) is 17.6 Å². The van der Waals surface area contributed by atoms with Crippen LogP contribution in [0.1, 0.15) is 0 Å². The first-order valence-corrected chi connectivity index (χ1v) is 12.8. The third kappa shape index (κ3) is 4.86. The third-order valence-corrected chi connectivity index (χ3v) is 7.16. The van der Waals surface area contributed by atoms with E-state index < -0.39 is 61.2 Å². The van der Waals surface area contributed by atoms with E-state index in [-0.39, 0.29) is 22.3 Å². The highest BCUT2D eigenvalue weighted by Gasteiger charge is 2.31. The van der Waals surface area contributed by atoms with Crippen molar-refractivity contribution in [2.24, 2.45) is 0 Å². The number of ether oxygens (including phenoxy) is 1. The molecule has 0 amide bonds. The number of benzene rings is 3. The van der Waals surface area contributed by atoms with Gasteiger partial charge in [0.25, 0.3) is 5.56 Å². The van der Waals surface area contributed by atoms with Gasteiger partial charge in [0.15, 0.2) is 0 Å². The Labute approximate surface area is 227 Å². The summed E-state index contributed by atoms with van der Waals surface area (Å²) < 4.78 is 119. The molecule has 7 nitrogen and oxygen atoms in total. The van der Waals surface area contributed by atoms with Crippen LogP contribution < -0.4 is 14.5 Å². The topological polar surface area (TPSA) is 87.5 Å². The fourth-order valence-corrected chi connectivity index (χ4v) is 4.98. The van der Waals surface area contributed by atoms with Crippen molar-refractivity contribution in [1.29, 1.82) is 0 Å². The first kappa shape index (κ1) is 27.7. The summed E-state index contributed by atoms with van der Waals surface area (Å²) in [7, 11) is -3.80. The van der Waals surface area contributed by atoms with Crippen LogP contribution in [-0.4, -0.2) is 25.1 Å². The second kappa shape index (κ2) is 10.3. The van der Waals surface area contributed by atoms with Crippen LogP contribution in [-0.2, 0) is 10.1 Å². The Morgan fingerprint density at radius 1 is 0.805 bits per heavy atom. The minimum atomic E-state index is -5.13. The smallest absolute Gasteiger partial charge is 0.339 e. The lowest BCUT2D eigenvalue weighted by molar-refractivity contribution is 0.346. The molecule has 0 saturated heterocycles. The van der Waals surface area contributed by atoms with Gasteiger partial charge in [0.2, 0.25) is 34.8 Å².